The van der Waals surface area contributed by atoms with Crippen molar-refractivity contribution in [2.24, 2.45) is 0 Å². The molecule has 0 spiro atoms. The number of fused-ring (bicyclic) bond motifs is 1. The molecule has 96 valence electrons. The number of hydrogen-bond donors (Lipinski definition) is 2. The van der Waals surface area contributed by atoms with Crippen LogP contribution in [0.1, 0.15) is 11.1 Å². The lowest BCUT2D eigenvalue weighted by atomic mass is 10.1. The van der Waals surface area contributed by atoms with Crippen LogP contribution < -0.4 is 5.32 Å². The van der Waals surface area contributed by atoms with Gasteiger partial charge in [-0.25, -0.2) is 0 Å². The molecule has 0 atom stereocenters. The van der Waals surface area contributed by atoms with Crippen LogP contribution in [0.25, 0.3) is 11.1 Å². The quantitative estimate of drug-likeness (QED) is 0.751. The molecule has 0 aliphatic rings. The maximum atomic E-state index is 9.09. The number of hydrogen-bond acceptors (Lipinski definition) is 4. The van der Waals surface area contributed by atoms with Gasteiger partial charge in [0.2, 0.25) is 0 Å². The minimum absolute atomic E-state index is 0.0523. The minimum atomic E-state index is 0.0523. The van der Waals surface area contributed by atoms with Crippen LogP contribution >= 0.6 is 0 Å². The van der Waals surface area contributed by atoms with Gasteiger partial charge in [0.15, 0.2) is 5.58 Å². The van der Waals surface area contributed by atoms with E-state index in [0.29, 0.717) is 12.6 Å². The second-order valence-corrected chi connectivity index (χ2v) is 4.32. The van der Waals surface area contributed by atoms with Gasteiger partial charge in [-0.2, -0.15) is 4.98 Å². The van der Waals surface area contributed by atoms with Crippen LogP contribution in [0, 0.1) is 0 Å². The molecule has 0 aliphatic heterocycles. The number of aliphatic hydroxyl groups excluding tert-OH is 1. The first-order valence-electron chi connectivity index (χ1n) is 6.13. The Morgan fingerprint density at radius 2 is 1.89 bits per heavy atom. The van der Waals surface area contributed by atoms with Gasteiger partial charge in [0.25, 0.3) is 6.01 Å². The zero-order valence-corrected chi connectivity index (χ0v) is 10.3. The number of aromatic nitrogens is 1. The summed E-state index contributed by atoms with van der Waals surface area (Å²) in [7, 11) is 0. The number of rotatable bonds is 4. The second kappa shape index (κ2) is 5.12. The highest BCUT2D eigenvalue weighted by Crippen LogP contribution is 2.18. The Morgan fingerprint density at radius 1 is 1.05 bits per heavy atom. The van der Waals surface area contributed by atoms with Crippen molar-refractivity contribution in [3.8, 4) is 0 Å². The normalized spacial score (nSPS) is 10.8. The Morgan fingerprint density at radius 3 is 2.74 bits per heavy atom. The first-order chi connectivity index (χ1) is 9.35. The number of para-hydroxylation sites is 2. The average molecular weight is 254 g/mol. The van der Waals surface area contributed by atoms with Crippen LogP contribution in [0.4, 0.5) is 6.01 Å². The molecule has 0 amide bonds. The van der Waals surface area contributed by atoms with Crippen molar-refractivity contribution in [2.75, 3.05) is 5.32 Å². The lowest BCUT2D eigenvalue weighted by Crippen LogP contribution is -2.00. The Balaban J connectivity index is 1.74. The van der Waals surface area contributed by atoms with Crippen LogP contribution in [0.15, 0.2) is 52.9 Å². The smallest absolute Gasteiger partial charge is 0.295 e. The summed E-state index contributed by atoms with van der Waals surface area (Å²) < 4.78 is 5.57. The molecule has 0 aliphatic carbocycles. The molecule has 0 radical (unpaired) electrons. The average Bonchev–Trinajstić information content (AvgIpc) is 2.88. The summed E-state index contributed by atoms with van der Waals surface area (Å²) >= 11 is 0. The monoisotopic (exact) mass is 254 g/mol. The third kappa shape index (κ3) is 2.58. The molecule has 19 heavy (non-hydrogen) atoms. The molecule has 4 heteroatoms. The Bertz CT molecular complexity index is 658. The topological polar surface area (TPSA) is 58.3 Å². The zero-order valence-electron chi connectivity index (χ0n) is 10.3. The molecule has 2 aromatic carbocycles. The third-order valence-corrected chi connectivity index (χ3v) is 2.91. The van der Waals surface area contributed by atoms with E-state index in [1.54, 1.807) is 0 Å². The van der Waals surface area contributed by atoms with E-state index in [9.17, 15) is 0 Å². The van der Waals surface area contributed by atoms with Crippen molar-refractivity contribution in [1.82, 2.24) is 4.98 Å². The van der Waals surface area contributed by atoms with Crippen molar-refractivity contribution >= 4 is 17.1 Å². The summed E-state index contributed by atoms with van der Waals surface area (Å²) in [6, 6.07) is 15.9. The lowest BCUT2D eigenvalue weighted by molar-refractivity contribution is 0.281. The lowest BCUT2D eigenvalue weighted by Gasteiger charge is -2.03. The molecule has 3 aromatic rings. The van der Waals surface area contributed by atoms with E-state index in [1.165, 1.54) is 0 Å². The number of oxazole rings is 1. The van der Waals surface area contributed by atoms with Crippen molar-refractivity contribution in [3.05, 3.63) is 59.7 Å². The van der Waals surface area contributed by atoms with Crippen LogP contribution in [-0.4, -0.2) is 10.1 Å². The highest BCUT2D eigenvalue weighted by atomic mass is 16.4. The Hall–Kier alpha value is -2.33. The standard InChI is InChI=1S/C15H14N2O2/c18-10-12-5-3-4-11(8-12)9-16-15-17-13-6-1-2-7-14(13)19-15/h1-8,18H,9-10H2,(H,16,17). The first kappa shape index (κ1) is 11.7. The van der Waals surface area contributed by atoms with Gasteiger partial charge in [0, 0.05) is 6.54 Å². The third-order valence-electron chi connectivity index (χ3n) is 2.91. The number of nitrogens with zero attached hydrogens (tertiary/aromatic N) is 1. The summed E-state index contributed by atoms with van der Waals surface area (Å²) in [4.78, 5) is 4.34. The molecular formula is C15H14N2O2. The fraction of sp³-hybridized carbons (Fsp3) is 0.133. The van der Waals surface area contributed by atoms with Gasteiger partial charge in [-0.1, -0.05) is 36.4 Å². The van der Waals surface area contributed by atoms with E-state index in [-0.39, 0.29) is 6.61 Å². The predicted molar refractivity (Wildman–Crippen MR) is 73.7 cm³/mol. The van der Waals surface area contributed by atoms with E-state index >= 15 is 0 Å². The van der Waals surface area contributed by atoms with E-state index in [0.717, 1.165) is 22.2 Å². The van der Waals surface area contributed by atoms with E-state index in [4.69, 9.17) is 9.52 Å². The fourth-order valence-corrected chi connectivity index (χ4v) is 1.96. The second-order valence-electron chi connectivity index (χ2n) is 4.32. The molecular weight excluding hydrogens is 240 g/mol. The van der Waals surface area contributed by atoms with Gasteiger partial charge in [-0.3, -0.25) is 0 Å². The molecule has 0 saturated carbocycles. The first-order valence-corrected chi connectivity index (χ1v) is 6.13. The van der Waals surface area contributed by atoms with Crippen molar-refractivity contribution in [1.29, 1.82) is 0 Å². The highest BCUT2D eigenvalue weighted by Gasteiger charge is 2.04. The van der Waals surface area contributed by atoms with Crippen molar-refractivity contribution in [3.63, 3.8) is 0 Å². The largest absolute Gasteiger partial charge is 0.424 e. The number of nitrogens with one attached hydrogen (secondary N) is 1. The van der Waals surface area contributed by atoms with Gasteiger partial charge < -0.3 is 14.8 Å². The van der Waals surface area contributed by atoms with Crippen LogP contribution in [0.2, 0.25) is 0 Å². The fourth-order valence-electron chi connectivity index (χ4n) is 1.96. The summed E-state index contributed by atoms with van der Waals surface area (Å²) in [6.07, 6.45) is 0. The predicted octanol–water partition coefficient (Wildman–Crippen LogP) is 2.93. The Labute approximate surface area is 110 Å². The molecule has 0 unspecified atom stereocenters. The van der Waals surface area contributed by atoms with E-state index in [2.05, 4.69) is 10.3 Å². The molecule has 3 rings (SSSR count). The minimum Gasteiger partial charge on any atom is -0.424 e. The summed E-state index contributed by atoms with van der Waals surface area (Å²) in [5.74, 6) is 0. The van der Waals surface area contributed by atoms with Crippen LogP contribution in [0.5, 0.6) is 0 Å². The van der Waals surface area contributed by atoms with Crippen LogP contribution in [-0.2, 0) is 13.2 Å². The molecule has 2 N–H and O–H groups in total. The molecule has 0 bridgehead atoms. The summed E-state index contributed by atoms with van der Waals surface area (Å²) in [6.45, 7) is 0.664. The number of benzene rings is 2. The maximum Gasteiger partial charge on any atom is 0.295 e. The van der Waals surface area contributed by atoms with E-state index in [1.807, 2.05) is 48.5 Å². The van der Waals surface area contributed by atoms with Gasteiger partial charge in [0.1, 0.15) is 5.52 Å². The maximum absolute atomic E-state index is 9.09. The highest BCUT2D eigenvalue weighted by molar-refractivity contribution is 5.74. The van der Waals surface area contributed by atoms with Gasteiger partial charge in [-0.15, -0.1) is 0 Å². The number of anilines is 1. The van der Waals surface area contributed by atoms with Crippen LogP contribution in [0.3, 0.4) is 0 Å². The van der Waals surface area contributed by atoms with Crippen molar-refractivity contribution < 1.29 is 9.52 Å². The molecule has 1 aromatic heterocycles. The van der Waals surface area contributed by atoms with E-state index < -0.39 is 0 Å². The molecule has 0 fully saturated rings. The molecule has 0 saturated heterocycles. The number of aliphatic hydroxyl groups is 1. The summed E-state index contributed by atoms with van der Waals surface area (Å²) in [5, 5.41) is 12.2. The van der Waals surface area contributed by atoms with Gasteiger partial charge >= 0.3 is 0 Å². The zero-order chi connectivity index (χ0) is 13.1. The van der Waals surface area contributed by atoms with Gasteiger partial charge in [0.05, 0.1) is 6.61 Å². The molecule has 1 heterocycles. The Kier molecular flexibility index (Phi) is 3.16. The van der Waals surface area contributed by atoms with Crippen molar-refractivity contribution in [2.45, 2.75) is 13.2 Å². The molecule has 4 nitrogen and oxygen atoms in total. The SMILES string of the molecule is OCc1cccc(CNc2nc3ccccc3o2)c1. The summed E-state index contributed by atoms with van der Waals surface area (Å²) in [5.41, 5.74) is 3.59. The van der Waals surface area contributed by atoms with Gasteiger partial charge in [-0.05, 0) is 23.3 Å².